The lowest BCUT2D eigenvalue weighted by Crippen LogP contribution is -2.43. The molecule has 0 unspecified atom stereocenters. The molecule has 9 nitrogen and oxygen atoms in total. The molecular weight excluding hydrogens is 462 g/mol. The van der Waals surface area contributed by atoms with Crippen LogP contribution in [0.4, 0.5) is 5.69 Å². The zero-order valence-corrected chi connectivity index (χ0v) is 20.8. The number of piperidine rings is 1. The summed E-state index contributed by atoms with van der Waals surface area (Å²) in [5.41, 5.74) is 2.76. The van der Waals surface area contributed by atoms with E-state index in [1.165, 1.54) is 0 Å². The van der Waals surface area contributed by atoms with Gasteiger partial charge in [0.25, 0.3) is 0 Å². The predicted molar refractivity (Wildman–Crippen MR) is 134 cm³/mol. The monoisotopic (exact) mass is 495 g/mol. The Kier molecular flexibility index (Phi) is 7.18. The topological polar surface area (TPSA) is 98.4 Å². The summed E-state index contributed by atoms with van der Waals surface area (Å²) in [6.45, 7) is 6.84. The molecule has 1 fully saturated rings. The molecule has 0 bridgehead atoms. The summed E-state index contributed by atoms with van der Waals surface area (Å²) in [6, 6.07) is 9.41. The number of nitrogens with zero attached hydrogens (tertiary/aromatic N) is 1. The highest BCUT2D eigenvalue weighted by Gasteiger charge is 2.27. The Labute approximate surface area is 211 Å². The number of ether oxygens (including phenoxy) is 4. The average Bonchev–Trinajstić information content (AvgIpc) is 3.48. The normalized spacial score (nSPS) is 18.9. The smallest absolute Gasteiger partial charge is 0.234 e. The number of carbonyl (C=O) groups is 2. The molecule has 0 aliphatic carbocycles. The fraction of sp³-hybridized carbons (Fsp3) is 0.481. The van der Waals surface area contributed by atoms with Gasteiger partial charge in [0.05, 0.1) is 13.2 Å². The van der Waals surface area contributed by atoms with Crippen molar-refractivity contribution in [2.45, 2.75) is 45.8 Å². The third-order valence-electron chi connectivity index (χ3n) is 6.82. The number of rotatable bonds is 8. The number of hydrogen-bond donors (Lipinski definition) is 2. The lowest BCUT2D eigenvalue weighted by molar-refractivity contribution is -0.123. The number of fused-ring (bicyclic) bond motifs is 2. The Morgan fingerprint density at radius 1 is 1.08 bits per heavy atom. The van der Waals surface area contributed by atoms with E-state index in [1.807, 2.05) is 32.0 Å². The Balaban J connectivity index is 1.08. The summed E-state index contributed by atoms with van der Waals surface area (Å²) < 4.78 is 22.4. The van der Waals surface area contributed by atoms with Crippen LogP contribution in [-0.4, -0.2) is 55.9 Å². The minimum absolute atomic E-state index is 0.00503. The minimum Gasteiger partial charge on any atom is -0.494 e. The molecule has 0 radical (unpaired) electrons. The van der Waals surface area contributed by atoms with Gasteiger partial charge in [-0.1, -0.05) is 0 Å². The van der Waals surface area contributed by atoms with Gasteiger partial charge in [-0.25, -0.2) is 0 Å². The molecule has 0 saturated carbocycles. The second kappa shape index (κ2) is 10.7. The van der Waals surface area contributed by atoms with Gasteiger partial charge in [-0.2, -0.15) is 0 Å². The maximum absolute atomic E-state index is 12.7. The summed E-state index contributed by atoms with van der Waals surface area (Å²) in [5.74, 6) is 2.86. The molecule has 192 valence electrons. The number of amides is 2. The van der Waals surface area contributed by atoms with Gasteiger partial charge >= 0.3 is 0 Å². The van der Waals surface area contributed by atoms with Crippen molar-refractivity contribution in [1.29, 1.82) is 0 Å². The van der Waals surface area contributed by atoms with Gasteiger partial charge in [-0.15, -0.1) is 0 Å². The van der Waals surface area contributed by atoms with Crippen LogP contribution in [0.3, 0.4) is 0 Å². The number of hydrogen-bond acceptors (Lipinski definition) is 7. The average molecular weight is 496 g/mol. The van der Waals surface area contributed by atoms with Crippen LogP contribution in [0.5, 0.6) is 23.0 Å². The molecule has 1 saturated heterocycles. The minimum atomic E-state index is -0.0858. The van der Waals surface area contributed by atoms with E-state index in [2.05, 4.69) is 15.5 Å². The van der Waals surface area contributed by atoms with Crippen LogP contribution in [0.1, 0.15) is 37.8 Å². The number of anilines is 1. The molecule has 2 aromatic carbocycles. The summed E-state index contributed by atoms with van der Waals surface area (Å²) in [6.07, 6.45) is 2.44. The summed E-state index contributed by atoms with van der Waals surface area (Å²) >= 11 is 0. The zero-order chi connectivity index (χ0) is 25.1. The first-order chi connectivity index (χ1) is 17.5. The largest absolute Gasteiger partial charge is 0.494 e. The van der Waals surface area contributed by atoms with Gasteiger partial charge in [0.15, 0.2) is 11.5 Å². The Morgan fingerprint density at radius 3 is 2.69 bits per heavy atom. The fourth-order valence-corrected chi connectivity index (χ4v) is 4.93. The van der Waals surface area contributed by atoms with Crippen molar-refractivity contribution < 1.29 is 28.5 Å². The van der Waals surface area contributed by atoms with Gasteiger partial charge in [0, 0.05) is 41.8 Å². The highest BCUT2D eigenvalue weighted by molar-refractivity contribution is 5.93. The third-order valence-corrected chi connectivity index (χ3v) is 6.82. The van der Waals surface area contributed by atoms with Crippen LogP contribution in [-0.2, 0) is 22.6 Å². The van der Waals surface area contributed by atoms with Gasteiger partial charge in [0.2, 0.25) is 18.6 Å². The zero-order valence-electron chi connectivity index (χ0n) is 20.8. The molecule has 0 aromatic heterocycles. The van der Waals surface area contributed by atoms with E-state index in [0.717, 1.165) is 29.0 Å². The van der Waals surface area contributed by atoms with Gasteiger partial charge < -0.3 is 29.6 Å². The van der Waals surface area contributed by atoms with E-state index in [4.69, 9.17) is 18.9 Å². The molecule has 5 rings (SSSR count). The van der Waals surface area contributed by atoms with E-state index in [1.54, 1.807) is 12.1 Å². The first kappa shape index (κ1) is 24.2. The van der Waals surface area contributed by atoms with Crippen molar-refractivity contribution in [2.75, 3.05) is 38.4 Å². The predicted octanol–water partition coefficient (Wildman–Crippen LogP) is 3.10. The van der Waals surface area contributed by atoms with Crippen molar-refractivity contribution in [3.05, 3.63) is 41.5 Å². The molecular formula is C27H33N3O6. The van der Waals surface area contributed by atoms with E-state index < -0.39 is 0 Å². The highest BCUT2D eigenvalue weighted by atomic mass is 16.7. The lowest BCUT2D eigenvalue weighted by atomic mass is 9.95. The number of nitrogens with one attached hydrogen (secondary N) is 2. The molecule has 9 heteroatoms. The van der Waals surface area contributed by atoms with Crippen LogP contribution in [0, 0.1) is 5.92 Å². The highest BCUT2D eigenvalue weighted by Crippen LogP contribution is 2.36. The van der Waals surface area contributed by atoms with Crippen LogP contribution >= 0.6 is 0 Å². The van der Waals surface area contributed by atoms with Crippen molar-refractivity contribution in [3.8, 4) is 23.0 Å². The molecule has 1 atom stereocenters. The SMILES string of the molecule is CCOc1cc2c(cc1CNC(=O)CN1CCC(C(=O)Nc3ccc4c(c3)OCO4)CC1)O[C@H](C)C2. The van der Waals surface area contributed by atoms with Crippen molar-refractivity contribution >= 4 is 17.5 Å². The second-order valence-electron chi connectivity index (χ2n) is 9.52. The standard InChI is InChI=1S/C27H33N3O6/c1-3-33-23-11-19-10-17(2)36-24(19)12-20(23)14-28-26(31)15-30-8-6-18(7-9-30)27(32)29-21-4-5-22-25(13-21)35-16-34-22/h4-5,11-13,17-18H,3,6-10,14-16H2,1-2H3,(H,28,31)(H,29,32)/t17-/m1/s1. The van der Waals surface area contributed by atoms with Crippen LogP contribution in [0.2, 0.25) is 0 Å². The van der Waals surface area contributed by atoms with Gasteiger partial charge in [-0.3, -0.25) is 14.5 Å². The lowest BCUT2D eigenvalue weighted by Gasteiger charge is -2.30. The quantitative estimate of drug-likeness (QED) is 0.581. The molecule has 0 spiro atoms. The molecule has 2 amide bonds. The maximum Gasteiger partial charge on any atom is 0.234 e. The fourth-order valence-electron chi connectivity index (χ4n) is 4.93. The van der Waals surface area contributed by atoms with Crippen molar-refractivity contribution in [1.82, 2.24) is 10.2 Å². The van der Waals surface area contributed by atoms with Crippen molar-refractivity contribution in [3.63, 3.8) is 0 Å². The first-order valence-corrected chi connectivity index (χ1v) is 12.6. The Morgan fingerprint density at radius 2 is 1.89 bits per heavy atom. The third kappa shape index (κ3) is 5.51. The number of carbonyl (C=O) groups excluding carboxylic acids is 2. The molecule has 3 heterocycles. The van der Waals surface area contributed by atoms with Crippen LogP contribution < -0.4 is 29.6 Å². The molecule has 36 heavy (non-hydrogen) atoms. The first-order valence-electron chi connectivity index (χ1n) is 12.6. The van der Waals surface area contributed by atoms with Crippen molar-refractivity contribution in [2.24, 2.45) is 5.92 Å². The summed E-state index contributed by atoms with van der Waals surface area (Å²) in [7, 11) is 0. The second-order valence-corrected chi connectivity index (χ2v) is 9.52. The summed E-state index contributed by atoms with van der Waals surface area (Å²) in [4.78, 5) is 27.5. The van der Waals surface area contributed by atoms with Crippen LogP contribution in [0.15, 0.2) is 30.3 Å². The van der Waals surface area contributed by atoms with Crippen LogP contribution in [0.25, 0.3) is 0 Å². The van der Waals surface area contributed by atoms with E-state index in [0.29, 0.717) is 62.8 Å². The van der Waals surface area contributed by atoms with E-state index in [9.17, 15) is 9.59 Å². The molecule has 2 N–H and O–H groups in total. The number of benzene rings is 2. The Bertz CT molecular complexity index is 1130. The summed E-state index contributed by atoms with van der Waals surface area (Å²) in [5, 5.41) is 5.99. The molecule has 3 aliphatic rings. The number of likely N-dealkylation sites (tertiary alicyclic amines) is 1. The van der Waals surface area contributed by atoms with Gasteiger partial charge in [-0.05, 0) is 64.0 Å². The maximum atomic E-state index is 12.7. The van der Waals surface area contributed by atoms with Gasteiger partial charge in [0.1, 0.15) is 17.6 Å². The van der Waals surface area contributed by atoms with E-state index >= 15 is 0 Å². The molecule has 2 aromatic rings. The molecule has 3 aliphatic heterocycles. The Hall–Kier alpha value is -3.46. The van der Waals surface area contributed by atoms with E-state index in [-0.39, 0.29) is 30.6 Å².